The lowest BCUT2D eigenvalue weighted by molar-refractivity contribution is -0.121. The van der Waals surface area contributed by atoms with Gasteiger partial charge in [0, 0.05) is 11.1 Å². The molecule has 0 aliphatic heterocycles. The van der Waals surface area contributed by atoms with Gasteiger partial charge in [-0.15, -0.1) is 0 Å². The lowest BCUT2D eigenvalue weighted by Crippen LogP contribution is -2.38. The topological polar surface area (TPSA) is 42.0 Å². The molecule has 4 rings (SSSR count). The fourth-order valence-electron chi connectivity index (χ4n) is 4.04. The Morgan fingerprint density at radius 2 is 1.68 bits per heavy atom. The molecule has 1 fully saturated rings. The summed E-state index contributed by atoms with van der Waals surface area (Å²) in [6, 6.07) is 20.1. The van der Waals surface area contributed by atoms with E-state index in [1.165, 1.54) is 0 Å². The summed E-state index contributed by atoms with van der Waals surface area (Å²) in [5.74, 6) is 0.104. The first-order chi connectivity index (χ1) is 12.2. The molecule has 3 aromatic rings. The maximum absolute atomic E-state index is 13.4. The molecule has 0 bridgehead atoms. The zero-order valence-corrected chi connectivity index (χ0v) is 14.5. The van der Waals surface area contributed by atoms with Gasteiger partial charge in [0.25, 0.3) is 0 Å². The minimum absolute atomic E-state index is 0.104. The summed E-state index contributed by atoms with van der Waals surface area (Å²) in [4.78, 5) is 17.9. The molecule has 1 amide bonds. The fourth-order valence-corrected chi connectivity index (χ4v) is 4.04. The number of carbonyl (C=O) groups excluding carboxylic acids is 1. The Hall–Kier alpha value is -2.68. The van der Waals surface area contributed by atoms with Crippen molar-refractivity contribution in [2.75, 3.05) is 5.32 Å². The van der Waals surface area contributed by atoms with Crippen LogP contribution in [0.15, 0.2) is 60.7 Å². The van der Waals surface area contributed by atoms with Gasteiger partial charge in [-0.25, -0.2) is 0 Å². The Morgan fingerprint density at radius 1 is 1.00 bits per heavy atom. The van der Waals surface area contributed by atoms with Gasteiger partial charge in [0.2, 0.25) is 5.91 Å². The number of benzene rings is 2. The minimum Gasteiger partial charge on any atom is -0.325 e. The molecule has 1 N–H and O–H groups in total. The van der Waals surface area contributed by atoms with E-state index in [1.807, 2.05) is 55.5 Å². The number of amides is 1. The highest BCUT2D eigenvalue weighted by atomic mass is 16.2. The van der Waals surface area contributed by atoms with E-state index < -0.39 is 5.41 Å². The Bertz CT molecular complexity index is 912. The summed E-state index contributed by atoms with van der Waals surface area (Å²) in [6.07, 6.45) is 4.01. The second-order valence-corrected chi connectivity index (χ2v) is 6.94. The summed E-state index contributed by atoms with van der Waals surface area (Å²) >= 11 is 0. The first kappa shape index (κ1) is 15.8. The summed E-state index contributed by atoms with van der Waals surface area (Å²) in [7, 11) is 0. The number of rotatable bonds is 3. The van der Waals surface area contributed by atoms with Gasteiger partial charge in [-0.05, 0) is 37.5 Å². The number of anilines is 1. The van der Waals surface area contributed by atoms with Crippen LogP contribution in [-0.2, 0) is 10.2 Å². The number of aryl methyl sites for hydroxylation is 1. The molecule has 1 aliphatic carbocycles. The molecular weight excluding hydrogens is 308 g/mol. The SMILES string of the molecule is Cc1cc(NC(=O)C2(c3ccccc3)CCCC2)c2ccccc2n1. The van der Waals surface area contributed by atoms with Crippen LogP contribution < -0.4 is 5.32 Å². The van der Waals surface area contributed by atoms with E-state index in [0.717, 1.165) is 53.5 Å². The number of nitrogens with one attached hydrogen (secondary N) is 1. The van der Waals surface area contributed by atoms with Gasteiger partial charge in [0.05, 0.1) is 16.6 Å². The quantitative estimate of drug-likeness (QED) is 0.735. The molecule has 1 aromatic heterocycles. The van der Waals surface area contributed by atoms with E-state index in [0.29, 0.717) is 0 Å². The normalized spacial score (nSPS) is 16.0. The second-order valence-electron chi connectivity index (χ2n) is 6.94. The van der Waals surface area contributed by atoms with Crippen LogP contribution in [0.25, 0.3) is 10.9 Å². The van der Waals surface area contributed by atoms with E-state index in [9.17, 15) is 4.79 Å². The average molecular weight is 330 g/mol. The summed E-state index contributed by atoms with van der Waals surface area (Å²) < 4.78 is 0. The molecule has 3 heteroatoms. The van der Waals surface area contributed by atoms with Gasteiger partial charge in [-0.2, -0.15) is 0 Å². The number of pyridine rings is 1. The number of carbonyl (C=O) groups is 1. The van der Waals surface area contributed by atoms with E-state index in [-0.39, 0.29) is 5.91 Å². The van der Waals surface area contributed by atoms with Crippen molar-refractivity contribution in [1.29, 1.82) is 0 Å². The number of hydrogen-bond donors (Lipinski definition) is 1. The van der Waals surface area contributed by atoms with Crippen molar-refractivity contribution in [2.45, 2.75) is 38.0 Å². The van der Waals surface area contributed by atoms with Gasteiger partial charge in [0.15, 0.2) is 0 Å². The Morgan fingerprint density at radius 3 is 2.44 bits per heavy atom. The van der Waals surface area contributed by atoms with Crippen LogP contribution in [-0.4, -0.2) is 10.9 Å². The van der Waals surface area contributed by atoms with E-state index in [1.54, 1.807) is 0 Å². The van der Waals surface area contributed by atoms with Crippen molar-refractivity contribution in [3.63, 3.8) is 0 Å². The van der Waals surface area contributed by atoms with Crippen LogP contribution in [0.2, 0.25) is 0 Å². The van der Waals surface area contributed by atoms with Gasteiger partial charge < -0.3 is 5.32 Å². The molecule has 0 unspecified atom stereocenters. The molecule has 25 heavy (non-hydrogen) atoms. The largest absolute Gasteiger partial charge is 0.325 e. The monoisotopic (exact) mass is 330 g/mol. The third kappa shape index (κ3) is 2.80. The third-order valence-electron chi connectivity index (χ3n) is 5.31. The van der Waals surface area contributed by atoms with Crippen molar-refractivity contribution in [2.24, 2.45) is 0 Å². The van der Waals surface area contributed by atoms with Crippen molar-refractivity contribution >= 4 is 22.5 Å². The van der Waals surface area contributed by atoms with Crippen molar-refractivity contribution in [1.82, 2.24) is 4.98 Å². The van der Waals surface area contributed by atoms with E-state index in [2.05, 4.69) is 22.4 Å². The minimum atomic E-state index is -0.417. The van der Waals surface area contributed by atoms with Crippen LogP contribution in [0.5, 0.6) is 0 Å². The highest BCUT2D eigenvalue weighted by Crippen LogP contribution is 2.42. The van der Waals surface area contributed by atoms with E-state index in [4.69, 9.17) is 0 Å². The highest BCUT2D eigenvalue weighted by molar-refractivity contribution is 6.05. The zero-order valence-electron chi connectivity index (χ0n) is 14.5. The molecule has 2 aromatic carbocycles. The average Bonchev–Trinajstić information content (AvgIpc) is 3.13. The van der Waals surface area contributed by atoms with Crippen LogP contribution in [0.1, 0.15) is 36.9 Å². The first-order valence-electron chi connectivity index (χ1n) is 8.92. The molecule has 3 nitrogen and oxygen atoms in total. The highest BCUT2D eigenvalue weighted by Gasteiger charge is 2.42. The molecule has 1 heterocycles. The van der Waals surface area contributed by atoms with Crippen LogP contribution in [0.4, 0.5) is 5.69 Å². The molecule has 0 spiro atoms. The standard InChI is InChI=1S/C22H22N2O/c1-16-15-20(18-11-5-6-12-19(18)23-16)24-21(25)22(13-7-8-14-22)17-9-3-2-4-10-17/h2-6,9-12,15H,7-8,13-14H2,1H3,(H,23,24,25). The predicted octanol–water partition coefficient (Wildman–Crippen LogP) is 4.99. The lowest BCUT2D eigenvalue weighted by Gasteiger charge is -2.28. The Balaban J connectivity index is 1.74. The van der Waals surface area contributed by atoms with Crippen LogP contribution in [0, 0.1) is 6.92 Å². The third-order valence-corrected chi connectivity index (χ3v) is 5.31. The van der Waals surface area contributed by atoms with Crippen molar-refractivity contribution < 1.29 is 4.79 Å². The van der Waals surface area contributed by atoms with Gasteiger partial charge in [0.1, 0.15) is 0 Å². The molecule has 0 radical (unpaired) electrons. The smallest absolute Gasteiger partial charge is 0.235 e. The molecule has 1 saturated carbocycles. The first-order valence-corrected chi connectivity index (χ1v) is 8.92. The summed E-state index contributed by atoms with van der Waals surface area (Å²) in [5.41, 5.74) is 3.39. The van der Waals surface area contributed by atoms with Crippen LogP contribution in [0.3, 0.4) is 0 Å². The Kier molecular flexibility index (Phi) is 4.00. The number of aromatic nitrogens is 1. The van der Waals surface area contributed by atoms with Gasteiger partial charge in [-0.1, -0.05) is 61.4 Å². The Labute approximate surface area is 148 Å². The predicted molar refractivity (Wildman–Crippen MR) is 102 cm³/mol. The van der Waals surface area contributed by atoms with Gasteiger partial charge >= 0.3 is 0 Å². The van der Waals surface area contributed by atoms with E-state index >= 15 is 0 Å². The van der Waals surface area contributed by atoms with Gasteiger partial charge in [-0.3, -0.25) is 9.78 Å². The maximum Gasteiger partial charge on any atom is 0.235 e. The molecule has 126 valence electrons. The fraction of sp³-hybridized carbons (Fsp3) is 0.273. The summed E-state index contributed by atoms with van der Waals surface area (Å²) in [5, 5.41) is 4.22. The molecule has 0 saturated heterocycles. The molecule has 1 aliphatic rings. The lowest BCUT2D eigenvalue weighted by atomic mass is 9.78. The zero-order chi connectivity index (χ0) is 17.3. The molecular formula is C22H22N2O. The molecule has 0 atom stereocenters. The van der Waals surface area contributed by atoms with Crippen LogP contribution >= 0.6 is 0 Å². The summed E-state index contributed by atoms with van der Waals surface area (Å²) in [6.45, 7) is 1.96. The number of fused-ring (bicyclic) bond motifs is 1. The number of nitrogens with zero attached hydrogens (tertiary/aromatic N) is 1. The second kappa shape index (κ2) is 6.32. The maximum atomic E-state index is 13.4. The number of hydrogen-bond acceptors (Lipinski definition) is 2. The van der Waals surface area contributed by atoms with Crippen molar-refractivity contribution in [3.8, 4) is 0 Å². The van der Waals surface area contributed by atoms with Crippen molar-refractivity contribution in [3.05, 3.63) is 71.9 Å². The number of para-hydroxylation sites is 1.